The topological polar surface area (TPSA) is 58.6 Å². The van der Waals surface area contributed by atoms with Gasteiger partial charge in [-0.15, -0.1) is 11.3 Å². The summed E-state index contributed by atoms with van der Waals surface area (Å²) in [6.07, 6.45) is 0. The van der Waals surface area contributed by atoms with Gasteiger partial charge in [0.05, 0.1) is 18.8 Å². The zero-order valence-corrected chi connectivity index (χ0v) is 18.1. The van der Waals surface area contributed by atoms with Crippen molar-refractivity contribution < 1.29 is 14.3 Å². The molecule has 0 bridgehead atoms. The standard InChI is InChI=1S/C23H21ClN2O3S/c1-15-19(23(28)26-10-12-29-13-11-26)22(30-20(15)16-6-3-2-4-7-16)25-21(27)17-8-5-9-18(24)14-17/h2-9,14H,10-13H2,1H3,(H,25,27). The van der Waals surface area contributed by atoms with Crippen molar-refractivity contribution in [3.05, 3.63) is 76.3 Å². The van der Waals surface area contributed by atoms with Gasteiger partial charge < -0.3 is 15.0 Å². The molecule has 1 fully saturated rings. The minimum atomic E-state index is -0.297. The molecule has 0 saturated carbocycles. The van der Waals surface area contributed by atoms with Crippen molar-refractivity contribution in [2.75, 3.05) is 31.6 Å². The summed E-state index contributed by atoms with van der Waals surface area (Å²) in [5.41, 5.74) is 2.86. The highest BCUT2D eigenvalue weighted by Crippen LogP contribution is 2.40. The number of ether oxygens (including phenoxy) is 1. The summed E-state index contributed by atoms with van der Waals surface area (Å²) in [5.74, 6) is -0.384. The van der Waals surface area contributed by atoms with E-state index in [0.29, 0.717) is 47.5 Å². The average molecular weight is 441 g/mol. The number of rotatable bonds is 4. The minimum Gasteiger partial charge on any atom is -0.378 e. The Morgan fingerprint density at radius 2 is 1.80 bits per heavy atom. The maximum atomic E-state index is 13.4. The molecule has 1 saturated heterocycles. The predicted molar refractivity (Wildman–Crippen MR) is 121 cm³/mol. The molecular formula is C23H21ClN2O3S. The fourth-order valence-electron chi connectivity index (χ4n) is 3.45. The number of hydrogen-bond donors (Lipinski definition) is 1. The number of carbonyl (C=O) groups is 2. The Hall–Kier alpha value is -2.67. The molecule has 0 aliphatic carbocycles. The van der Waals surface area contributed by atoms with Gasteiger partial charge in [-0.05, 0) is 36.2 Å². The number of amides is 2. The van der Waals surface area contributed by atoms with E-state index in [1.165, 1.54) is 11.3 Å². The Morgan fingerprint density at radius 1 is 1.07 bits per heavy atom. The number of morpholine rings is 1. The summed E-state index contributed by atoms with van der Waals surface area (Å²) in [6, 6.07) is 16.6. The lowest BCUT2D eigenvalue weighted by molar-refractivity contribution is 0.0303. The minimum absolute atomic E-state index is 0.0874. The van der Waals surface area contributed by atoms with Crippen LogP contribution in [0.5, 0.6) is 0 Å². The molecule has 3 aromatic rings. The van der Waals surface area contributed by atoms with Crippen LogP contribution in [-0.4, -0.2) is 43.0 Å². The number of hydrogen-bond acceptors (Lipinski definition) is 4. The summed E-state index contributed by atoms with van der Waals surface area (Å²) in [5, 5.41) is 3.98. The summed E-state index contributed by atoms with van der Waals surface area (Å²) in [4.78, 5) is 29.0. The lowest BCUT2D eigenvalue weighted by atomic mass is 10.1. The van der Waals surface area contributed by atoms with Crippen LogP contribution in [0.15, 0.2) is 54.6 Å². The van der Waals surface area contributed by atoms with Crippen LogP contribution in [0.1, 0.15) is 26.3 Å². The Balaban J connectivity index is 1.73. The molecule has 5 nitrogen and oxygen atoms in total. The first-order valence-electron chi connectivity index (χ1n) is 9.67. The molecule has 2 aromatic carbocycles. The smallest absolute Gasteiger partial charge is 0.257 e. The van der Waals surface area contributed by atoms with E-state index in [2.05, 4.69) is 5.32 Å². The van der Waals surface area contributed by atoms with Crippen LogP contribution in [0.25, 0.3) is 10.4 Å². The van der Waals surface area contributed by atoms with E-state index in [9.17, 15) is 9.59 Å². The van der Waals surface area contributed by atoms with Crippen LogP contribution in [-0.2, 0) is 4.74 Å². The second-order valence-electron chi connectivity index (χ2n) is 7.00. The summed E-state index contributed by atoms with van der Waals surface area (Å²) < 4.78 is 5.38. The number of thiophene rings is 1. The van der Waals surface area contributed by atoms with Gasteiger partial charge in [-0.2, -0.15) is 0 Å². The van der Waals surface area contributed by atoms with Crippen molar-refractivity contribution in [1.82, 2.24) is 4.90 Å². The number of nitrogens with one attached hydrogen (secondary N) is 1. The van der Waals surface area contributed by atoms with Crippen LogP contribution in [0.3, 0.4) is 0 Å². The Kier molecular flexibility index (Phi) is 6.18. The first-order chi connectivity index (χ1) is 14.5. The van der Waals surface area contributed by atoms with E-state index < -0.39 is 0 Å². The van der Waals surface area contributed by atoms with Gasteiger partial charge in [0.25, 0.3) is 11.8 Å². The van der Waals surface area contributed by atoms with Crippen LogP contribution in [0.4, 0.5) is 5.00 Å². The molecule has 1 aliphatic rings. The van der Waals surface area contributed by atoms with Gasteiger partial charge >= 0.3 is 0 Å². The van der Waals surface area contributed by atoms with Crippen molar-refractivity contribution >= 4 is 39.8 Å². The highest BCUT2D eigenvalue weighted by molar-refractivity contribution is 7.20. The van der Waals surface area contributed by atoms with Gasteiger partial charge in [0, 0.05) is 28.6 Å². The zero-order chi connectivity index (χ0) is 21.1. The first-order valence-corrected chi connectivity index (χ1v) is 10.9. The van der Waals surface area contributed by atoms with Crippen molar-refractivity contribution in [2.24, 2.45) is 0 Å². The molecule has 30 heavy (non-hydrogen) atoms. The molecule has 1 aromatic heterocycles. The van der Waals surface area contributed by atoms with Crippen molar-refractivity contribution in [3.63, 3.8) is 0 Å². The third-order valence-electron chi connectivity index (χ3n) is 5.01. The number of anilines is 1. The van der Waals surface area contributed by atoms with Gasteiger partial charge in [-0.25, -0.2) is 0 Å². The van der Waals surface area contributed by atoms with Crippen molar-refractivity contribution in [3.8, 4) is 10.4 Å². The van der Waals surface area contributed by atoms with Crippen LogP contribution in [0.2, 0.25) is 5.02 Å². The maximum absolute atomic E-state index is 13.4. The van der Waals surface area contributed by atoms with E-state index in [4.69, 9.17) is 16.3 Å². The molecule has 7 heteroatoms. The fourth-order valence-corrected chi connectivity index (χ4v) is 4.84. The molecule has 2 amide bonds. The number of benzene rings is 2. The second-order valence-corrected chi connectivity index (χ2v) is 8.45. The van der Waals surface area contributed by atoms with Gasteiger partial charge in [0.1, 0.15) is 5.00 Å². The van der Waals surface area contributed by atoms with E-state index in [1.807, 2.05) is 37.3 Å². The van der Waals surface area contributed by atoms with Gasteiger partial charge in [-0.1, -0.05) is 48.0 Å². The van der Waals surface area contributed by atoms with Crippen LogP contribution in [0, 0.1) is 6.92 Å². The fraction of sp³-hybridized carbons (Fsp3) is 0.217. The lowest BCUT2D eigenvalue weighted by Gasteiger charge is -2.27. The molecule has 0 radical (unpaired) electrons. The zero-order valence-electron chi connectivity index (χ0n) is 16.5. The molecule has 0 atom stereocenters. The first kappa shape index (κ1) is 20.6. The van der Waals surface area contributed by atoms with Crippen LogP contribution < -0.4 is 5.32 Å². The van der Waals surface area contributed by atoms with Gasteiger partial charge in [0.15, 0.2) is 0 Å². The normalized spacial score (nSPS) is 13.9. The third kappa shape index (κ3) is 4.26. The molecular weight excluding hydrogens is 420 g/mol. The third-order valence-corrected chi connectivity index (χ3v) is 6.50. The average Bonchev–Trinajstić information content (AvgIpc) is 3.10. The lowest BCUT2D eigenvalue weighted by Crippen LogP contribution is -2.41. The predicted octanol–water partition coefficient (Wildman–Crippen LogP) is 5.10. The highest BCUT2D eigenvalue weighted by Gasteiger charge is 2.28. The van der Waals surface area contributed by atoms with Gasteiger partial charge in [0.2, 0.25) is 0 Å². The second kappa shape index (κ2) is 9.00. The van der Waals surface area contributed by atoms with Crippen LogP contribution >= 0.6 is 22.9 Å². The van der Waals surface area contributed by atoms with E-state index in [-0.39, 0.29) is 11.8 Å². The van der Waals surface area contributed by atoms with Crippen molar-refractivity contribution in [2.45, 2.75) is 6.92 Å². The van der Waals surface area contributed by atoms with E-state index >= 15 is 0 Å². The Morgan fingerprint density at radius 3 is 2.50 bits per heavy atom. The molecule has 0 spiro atoms. The van der Waals surface area contributed by atoms with E-state index in [0.717, 1.165) is 16.0 Å². The number of halogens is 1. The molecule has 1 N–H and O–H groups in total. The number of nitrogens with zero attached hydrogens (tertiary/aromatic N) is 1. The quantitative estimate of drug-likeness (QED) is 0.613. The molecule has 1 aliphatic heterocycles. The number of carbonyl (C=O) groups excluding carboxylic acids is 2. The monoisotopic (exact) mass is 440 g/mol. The molecule has 154 valence electrons. The Labute approximate surface area is 184 Å². The highest BCUT2D eigenvalue weighted by atomic mass is 35.5. The Bertz CT molecular complexity index is 1080. The maximum Gasteiger partial charge on any atom is 0.257 e. The van der Waals surface area contributed by atoms with Crippen molar-refractivity contribution in [1.29, 1.82) is 0 Å². The molecule has 4 rings (SSSR count). The largest absolute Gasteiger partial charge is 0.378 e. The SMILES string of the molecule is Cc1c(-c2ccccc2)sc(NC(=O)c2cccc(Cl)c2)c1C(=O)N1CCOCC1. The molecule has 0 unspecified atom stereocenters. The summed E-state index contributed by atoms with van der Waals surface area (Å²) >= 11 is 7.45. The van der Waals surface area contributed by atoms with E-state index in [1.54, 1.807) is 29.2 Å². The summed E-state index contributed by atoms with van der Waals surface area (Å²) in [6.45, 7) is 4.05. The molecule has 2 heterocycles. The van der Waals surface area contributed by atoms with Gasteiger partial charge in [-0.3, -0.25) is 9.59 Å². The summed E-state index contributed by atoms with van der Waals surface area (Å²) in [7, 11) is 0.